The monoisotopic (exact) mass is 164 g/mol. The summed E-state index contributed by atoms with van der Waals surface area (Å²) >= 11 is 0. The first-order valence-corrected chi connectivity index (χ1v) is 3.52. The van der Waals surface area contributed by atoms with Gasteiger partial charge in [0.2, 0.25) is 0 Å². The van der Waals surface area contributed by atoms with Gasteiger partial charge in [0.25, 0.3) is 0 Å². The molecule has 0 bridgehead atoms. The minimum absolute atomic E-state index is 0.256. The van der Waals surface area contributed by atoms with Crippen LogP contribution in [0, 0.1) is 6.92 Å². The highest BCUT2D eigenvalue weighted by Crippen LogP contribution is 2.09. The second kappa shape index (κ2) is 2.10. The van der Waals surface area contributed by atoms with Crippen LogP contribution in [0.4, 0.5) is 5.82 Å². The van der Waals surface area contributed by atoms with E-state index >= 15 is 0 Å². The van der Waals surface area contributed by atoms with Crippen molar-refractivity contribution in [1.29, 1.82) is 0 Å². The molecule has 5 heteroatoms. The molecule has 0 saturated heterocycles. The SMILES string of the molecule is Cc1ccc2c(N)nc(=O)[nH]n12. The van der Waals surface area contributed by atoms with Crippen LogP contribution < -0.4 is 11.4 Å². The van der Waals surface area contributed by atoms with Crippen molar-refractivity contribution in [2.75, 3.05) is 5.73 Å². The molecular formula is C7H8N4O. The van der Waals surface area contributed by atoms with Crippen molar-refractivity contribution in [1.82, 2.24) is 14.6 Å². The number of aromatic nitrogens is 3. The van der Waals surface area contributed by atoms with Crippen LogP contribution in [0.3, 0.4) is 0 Å². The lowest BCUT2D eigenvalue weighted by Crippen LogP contribution is -2.17. The largest absolute Gasteiger partial charge is 0.382 e. The second-order valence-corrected chi connectivity index (χ2v) is 2.61. The lowest BCUT2D eigenvalue weighted by Gasteiger charge is -1.98. The van der Waals surface area contributed by atoms with Crippen LogP contribution in [0.15, 0.2) is 16.9 Å². The molecular weight excluding hydrogens is 156 g/mol. The zero-order chi connectivity index (χ0) is 8.72. The van der Waals surface area contributed by atoms with E-state index in [0.29, 0.717) is 0 Å². The summed E-state index contributed by atoms with van der Waals surface area (Å²) in [5.74, 6) is 0.256. The van der Waals surface area contributed by atoms with Crippen molar-refractivity contribution in [3.8, 4) is 0 Å². The average molecular weight is 164 g/mol. The molecule has 0 saturated carbocycles. The Morgan fingerprint density at radius 1 is 1.58 bits per heavy atom. The lowest BCUT2D eigenvalue weighted by atomic mass is 10.5. The van der Waals surface area contributed by atoms with E-state index < -0.39 is 5.69 Å². The standard InChI is InChI=1S/C7H8N4O/c1-4-2-3-5-6(8)9-7(12)10-11(4)5/h2-3H,1H3,(H3,8,9,10,12). The maximum atomic E-state index is 10.9. The predicted molar refractivity (Wildman–Crippen MR) is 45.0 cm³/mol. The van der Waals surface area contributed by atoms with Gasteiger partial charge in [-0.15, -0.1) is 0 Å². The van der Waals surface area contributed by atoms with Crippen molar-refractivity contribution in [2.24, 2.45) is 0 Å². The minimum atomic E-state index is -0.431. The quantitative estimate of drug-likeness (QED) is 0.571. The summed E-state index contributed by atoms with van der Waals surface area (Å²) < 4.78 is 1.62. The smallest absolute Gasteiger partial charge is 0.362 e. The number of hydrogen-bond donors (Lipinski definition) is 2. The van der Waals surface area contributed by atoms with Gasteiger partial charge in [-0.2, -0.15) is 4.98 Å². The molecule has 0 atom stereocenters. The van der Waals surface area contributed by atoms with Crippen molar-refractivity contribution < 1.29 is 0 Å². The van der Waals surface area contributed by atoms with Crippen molar-refractivity contribution in [2.45, 2.75) is 6.92 Å². The lowest BCUT2D eigenvalue weighted by molar-refractivity contribution is 0.839. The number of aromatic amines is 1. The molecule has 12 heavy (non-hydrogen) atoms. The summed E-state index contributed by atoms with van der Waals surface area (Å²) in [6, 6.07) is 3.68. The number of rotatable bonds is 0. The van der Waals surface area contributed by atoms with Gasteiger partial charge in [0.15, 0.2) is 5.82 Å². The van der Waals surface area contributed by atoms with E-state index in [2.05, 4.69) is 10.1 Å². The third-order valence-corrected chi connectivity index (χ3v) is 1.77. The zero-order valence-electron chi connectivity index (χ0n) is 6.53. The molecule has 0 aliphatic rings. The number of aryl methyl sites for hydroxylation is 1. The van der Waals surface area contributed by atoms with E-state index in [-0.39, 0.29) is 5.82 Å². The first kappa shape index (κ1) is 6.90. The molecule has 2 rings (SSSR count). The molecule has 2 aromatic heterocycles. The molecule has 3 N–H and O–H groups in total. The predicted octanol–water partition coefficient (Wildman–Crippen LogP) is -0.0868. The fraction of sp³-hybridized carbons (Fsp3) is 0.143. The highest BCUT2D eigenvalue weighted by molar-refractivity contribution is 5.65. The number of nitrogen functional groups attached to an aromatic ring is 1. The average Bonchev–Trinajstić information content (AvgIpc) is 2.33. The van der Waals surface area contributed by atoms with Crippen LogP contribution >= 0.6 is 0 Å². The molecule has 0 aromatic carbocycles. The van der Waals surface area contributed by atoms with Crippen LogP contribution in [-0.4, -0.2) is 14.6 Å². The Balaban J connectivity index is 3.02. The van der Waals surface area contributed by atoms with Gasteiger partial charge in [-0.05, 0) is 19.1 Å². The van der Waals surface area contributed by atoms with Crippen molar-refractivity contribution >= 4 is 11.3 Å². The Bertz CT molecular complexity index is 482. The Morgan fingerprint density at radius 3 is 3.08 bits per heavy atom. The number of fused-ring (bicyclic) bond motifs is 1. The minimum Gasteiger partial charge on any atom is -0.382 e. The summed E-state index contributed by atoms with van der Waals surface area (Å²) in [6.45, 7) is 1.88. The maximum absolute atomic E-state index is 10.9. The molecule has 0 fully saturated rings. The van der Waals surface area contributed by atoms with Gasteiger partial charge in [-0.25, -0.2) is 9.89 Å². The van der Waals surface area contributed by atoms with Crippen LogP contribution in [-0.2, 0) is 0 Å². The van der Waals surface area contributed by atoms with Gasteiger partial charge in [0.1, 0.15) is 5.52 Å². The first-order valence-electron chi connectivity index (χ1n) is 3.52. The van der Waals surface area contributed by atoms with E-state index in [0.717, 1.165) is 11.2 Å². The molecule has 2 heterocycles. The van der Waals surface area contributed by atoms with Gasteiger partial charge in [-0.3, -0.25) is 4.52 Å². The molecule has 0 spiro atoms. The summed E-state index contributed by atoms with van der Waals surface area (Å²) in [5, 5.41) is 2.55. The van der Waals surface area contributed by atoms with Gasteiger partial charge in [0.05, 0.1) is 0 Å². The molecule has 5 nitrogen and oxygen atoms in total. The summed E-state index contributed by atoms with van der Waals surface area (Å²) in [4.78, 5) is 14.4. The van der Waals surface area contributed by atoms with Crippen LogP contribution in [0.1, 0.15) is 5.69 Å². The summed E-state index contributed by atoms with van der Waals surface area (Å²) in [7, 11) is 0. The van der Waals surface area contributed by atoms with Crippen LogP contribution in [0.5, 0.6) is 0 Å². The van der Waals surface area contributed by atoms with Crippen molar-refractivity contribution in [3.63, 3.8) is 0 Å². The molecule has 0 aliphatic heterocycles. The summed E-state index contributed by atoms with van der Waals surface area (Å²) in [6.07, 6.45) is 0. The van der Waals surface area contributed by atoms with E-state index in [1.807, 2.05) is 19.1 Å². The van der Waals surface area contributed by atoms with E-state index in [9.17, 15) is 4.79 Å². The molecule has 62 valence electrons. The number of nitrogens with zero attached hydrogens (tertiary/aromatic N) is 2. The molecule has 0 aliphatic carbocycles. The highest BCUT2D eigenvalue weighted by atomic mass is 16.1. The topological polar surface area (TPSA) is 76.2 Å². The Morgan fingerprint density at radius 2 is 2.33 bits per heavy atom. The zero-order valence-corrected chi connectivity index (χ0v) is 6.53. The normalized spacial score (nSPS) is 10.8. The van der Waals surface area contributed by atoms with Crippen molar-refractivity contribution in [3.05, 3.63) is 28.3 Å². The Hall–Kier alpha value is -1.78. The van der Waals surface area contributed by atoms with Crippen LogP contribution in [0.2, 0.25) is 0 Å². The second-order valence-electron chi connectivity index (χ2n) is 2.61. The molecule has 0 unspecified atom stereocenters. The fourth-order valence-electron chi connectivity index (χ4n) is 1.17. The molecule has 0 amide bonds. The summed E-state index contributed by atoms with van der Waals surface area (Å²) in [5.41, 5.74) is 6.74. The number of H-pyrrole nitrogens is 1. The Kier molecular flexibility index (Phi) is 1.21. The van der Waals surface area contributed by atoms with Crippen LogP contribution in [0.25, 0.3) is 5.52 Å². The molecule has 2 aromatic rings. The van der Waals surface area contributed by atoms with E-state index in [1.165, 1.54) is 0 Å². The Labute approximate surface area is 67.8 Å². The highest BCUT2D eigenvalue weighted by Gasteiger charge is 2.02. The number of hydrogen-bond acceptors (Lipinski definition) is 3. The fourth-order valence-corrected chi connectivity index (χ4v) is 1.17. The van der Waals surface area contributed by atoms with Gasteiger partial charge in [-0.1, -0.05) is 0 Å². The molecule has 0 radical (unpaired) electrons. The number of nitrogens with one attached hydrogen (secondary N) is 1. The van der Waals surface area contributed by atoms with Gasteiger partial charge >= 0.3 is 5.69 Å². The van der Waals surface area contributed by atoms with E-state index in [4.69, 9.17) is 5.73 Å². The number of nitrogens with two attached hydrogens (primary N) is 1. The van der Waals surface area contributed by atoms with Gasteiger partial charge in [0, 0.05) is 5.69 Å². The third kappa shape index (κ3) is 0.795. The third-order valence-electron chi connectivity index (χ3n) is 1.77. The first-order chi connectivity index (χ1) is 5.68. The maximum Gasteiger partial charge on any atom is 0.362 e. The van der Waals surface area contributed by atoms with E-state index in [1.54, 1.807) is 4.52 Å². The van der Waals surface area contributed by atoms with Gasteiger partial charge < -0.3 is 5.73 Å². The number of anilines is 1.